The summed E-state index contributed by atoms with van der Waals surface area (Å²) in [4.78, 5) is 10.3. The van der Waals surface area contributed by atoms with Gasteiger partial charge in [-0.25, -0.2) is 8.78 Å². The maximum Gasteiger partial charge on any atom is 0.228 e. The van der Waals surface area contributed by atoms with E-state index in [1.807, 2.05) is 0 Å². The van der Waals surface area contributed by atoms with Crippen LogP contribution in [0, 0.1) is 5.82 Å². The summed E-state index contributed by atoms with van der Waals surface area (Å²) in [7, 11) is 0. The number of halogens is 3. The van der Waals surface area contributed by atoms with Crippen molar-refractivity contribution in [2.75, 3.05) is 6.86 Å². The van der Waals surface area contributed by atoms with Gasteiger partial charge in [0.15, 0.2) is 17.9 Å². The molecule has 0 aliphatic carbocycles. The molecule has 0 radical (unpaired) electrons. The predicted octanol–water partition coefficient (Wildman–Crippen LogP) is 2.60. The van der Waals surface area contributed by atoms with Gasteiger partial charge in [0.2, 0.25) is 6.86 Å². The summed E-state index contributed by atoms with van der Waals surface area (Å²) in [5.41, 5.74) is -0.326. The first-order valence-electron chi connectivity index (χ1n) is 3.32. The SMILES string of the molecule is O=Cc1c(Cl)ccc(OCF)c1F. The van der Waals surface area contributed by atoms with Crippen molar-refractivity contribution in [1.29, 1.82) is 0 Å². The second kappa shape index (κ2) is 4.18. The van der Waals surface area contributed by atoms with Gasteiger partial charge in [0.25, 0.3) is 0 Å². The predicted molar refractivity (Wildman–Crippen MR) is 43.4 cm³/mol. The standard InChI is InChI=1S/C8H5ClF2O2/c9-6-1-2-7(13-4-10)8(11)5(6)3-12/h1-3H,4H2. The maximum absolute atomic E-state index is 13.1. The van der Waals surface area contributed by atoms with Crippen molar-refractivity contribution in [2.45, 2.75) is 0 Å². The Bertz CT molecular complexity index is 328. The van der Waals surface area contributed by atoms with Crippen molar-refractivity contribution in [1.82, 2.24) is 0 Å². The fourth-order valence-electron chi connectivity index (χ4n) is 0.828. The third-order valence-corrected chi connectivity index (χ3v) is 1.75. The molecule has 70 valence electrons. The molecule has 0 bridgehead atoms. The number of aldehydes is 1. The zero-order valence-electron chi connectivity index (χ0n) is 6.39. The second-order valence-electron chi connectivity index (χ2n) is 2.14. The third-order valence-electron chi connectivity index (χ3n) is 1.42. The normalized spacial score (nSPS) is 9.77. The van der Waals surface area contributed by atoms with Crippen LogP contribution in [0.4, 0.5) is 8.78 Å². The van der Waals surface area contributed by atoms with Gasteiger partial charge in [-0.05, 0) is 12.1 Å². The second-order valence-corrected chi connectivity index (χ2v) is 2.55. The number of hydrogen-bond acceptors (Lipinski definition) is 2. The average molecular weight is 207 g/mol. The Kier molecular flexibility index (Phi) is 3.19. The Morgan fingerprint density at radius 2 is 2.23 bits per heavy atom. The molecule has 0 amide bonds. The average Bonchev–Trinajstić information content (AvgIpc) is 2.11. The number of ether oxygens (including phenoxy) is 1. The van der Waals surface area contributed by atoms with Crippen LogP contribution in [0.2, 0.25) is 5.02 Å². The molecule has 1 aromatic carbocycles. The summed E-state index contributed by atoms with van der Waals surface area (Å²) in [6, 6.07) is 2.42. The summed E-state index contributed by atoms with van der Waals surface area (Å²) < 4.78 is 29.1. The Labute approximate surface area is 78.1 Å². The lowest BCUT2D eigenvalue weighted by molar-refractivity contribution is 0.111. The van der Waals surface area contributed by atoms with Gasteiger partial charge in [0.05, 0.1) is 10.6 Å². The van der Waals surface area contributed by atoms with E-state index in [1.165, 1.54) is 6.07 Å². The van der Waals surface area contributed by atoms with Gasteiger partial charge in [0.1, 0.15) is 0 Å². The first kappa shape index (κ1) is 9.92. The van der Waals surface area contributed by atoms with Crippen molar-refractivity contribution >= 4 is 17.9 Å². The van der Waals surface area contributed by atoms with Crippen molar-refractivity contribution in [3.63, 3.8) is 0 Å². The van der Waals surface area contributed by atoms with Crippen molar-refractivity contribution < 1.29 is 18.3 Å². The maximum atomic E-state index is 13.1. The molecule has 0 aliphatic rings. The number of rotatable bonds is 3. The highest BCUT2D eigenvalue weighted by Crippen LogP contribution is 2.25. The van der Waals surface area contributed by atoms with Gasteiger partial charge >= 0.3 is 0 Å². The molecule has 1 rings (SSSR count). The van der Waals surface area contributed by atoms with Crippen LogP contribution < -0.4 is 4.74 Å². The Morgan fingerprint density at radius 1 is 1.54 bits per heavy atom. The molecule has 0 aromatic heterocycles. The molecule has 0 N–H and O–H groups in total. The molecule has 0 atom stereocenters. The van der Waals surface area contributed by atoms with E-state index in [9.17, 15) is 13.6 Å². The van der Waals surface area contributed by atoms with E-state index in [2.05, 4.69) is 4.74 Å². The quantitative estimate of drug-likeness (QED) is 0.711. The van der Waals surface area contributed by atoms with Crippen LogP contribution in [0.5, 0.6) is 5.75 Å². The monoisotopic (exact) mass is 206 g/mol. The van der Waals surface area contributed by atoms with E-state index in [0.29, 0.717) is 0 Å². The van der Waals surface area contributed by atoms with E-state index in [4.69, 9.17) is 11.6 Å². The molecule has 0 fully saturated rings. The molecule has 0 spiro atoms. The van der Waals surface area contributed by atoms with Crippen LogP contribution >= 0.6 is 11.6 Å². The van der Waals surface area contributed by atoms with Crippen LogP contribution in [0.1, 0.15) is 10.4 Å². The Hall–Kier alpha value is -1.16. The van der Waals surface area contributed by atoms with Gasteiger partial charge in [0, 0.05) is 0 Å². The van der Waals surface area contributed by atoms with E-state index >= 15 is 0 Å². The summed E-state index contributed by atoms with van der Waals surface area (Å²) in [6.45, 7) is -1.16. The molecule has 2 nitrogen and oxygen atoms in total. The fraction of sp³-hybridized carbons (Fsp3) is 0.125. The topological polar surface area (TPSA) is 26.3 Å². The van der Waals surface area contributed by atoms with Gasteiger partial charge in [-0.15, -0.1) is 0 Å². The first-order chi connectivity index (χ1) is 6.20. The fourth-order valence-corrected chi connectivity index (χ4v) is 1.02. The molecule has 0 saturated heterocycles. The largest absolute Gasteiger partial charge is 0.460 e. The molecule has 13 heavy (non-hydrogen) atoms. The van der Waals surface area contributed by atoms with E-state index in [0.717, 1.165) is 6.07 Å². The summed E-state index contributed by atoms with van der Waals surface area (Å²) >= 11 is 5.48. The minimum atomic E-state index is -1.16. The van der Waals surface area contributed by atoms with Gasteiger partial charge in [-0.1, -0.05) is 11.6 Å². The summed E-state index contributed by atoms with van der Waals surface area (Å²) in [5, 5.41) is -0.0290. The Morgan fingerprint density at radius 3 is 2.77 bits per heavy atom. The van der Waals surface area contributed by atoms with Crippen LogP contribution in [-0.4, -0.2) is 13.1 Å². The van der Waals surface area contributed by atoms with E-state index < -0.39 is 12.7 Å². The van der Waals surface area contributed by atoms with Crippen LogP contribution in [0.3, 0.4) is 0 Å². The summed E-state index contributed by atoms with van der Waals surface area (Å²) in [5.74, 6) is -1.27. The Balaban J connectivity index is 3.19. The van der Waals surface area contributed by atoms with E-state index in [1.54, 1.807) is 0 Å². The lowest BCUT2D eigenvalue weighted by atomic mass is 10.2. The van der Waals surface area contributed by atoms with Gasteiger partial charge < -0.3 is 4.74 Å². The minimum Gasteiger partial charge on any atom is -0.460 e. The molecule has 5 heteroatoms. The number of carbonyl (C=O) groups excluding carboxylic acids is 1. The van der Waals surface area contributed by atoms with E-state index in [-0.39, 0.29) is 22.6 Å². The highest BCUT2D eigenvalue weighted by Gasteiger charge is 2.12. The number of hydrogen-bond donors (Lipinski definition) is 0. The summed E-state index contributed by atoms with van der Waals surface area (Å²) in [6.07, 6.45) is 0.253. The van der Waals surface area contributed by atoms with Crippen molar-refractivity contribution in [3.8, 4) is 5.75 Å². The van der Waals surface area contributed by atoms with Gasteiger partial charge in [-0.3, -0.25) is 4.79 Å². The number of benzene rings is 1. The number of carbonyl (C=O) groups is 1. The van der Waals surface area contributed by atoms with Crippen LogP contribution in [0.15, 0.2) is 12.1 Å². The highest BCUT2D eigenvalue weighted by atomic mass is 35.5. The molecular weight excluding hydrogens is 202 g/mol. The zero-order chi connectivity index (χ0) is 9.84. The lowest BCUT2D eigenvalue weighted by Gasteiger charge is -2.04. The first-order valence-corrected chi connectivity index (χ1v) is 3.70. The molecular formula is C8H5ClF2O2. The zero-order valence-corrected chi connectivity index (χ0v) is 7.15. The van der Waals surface area contributed by atoms with Crippen molar-refractivity contribution in [3.05, 3.63) is 28.5 Å². The van der Waals surface area contributed by atoms with Gasteiger partial charge in [-0.2, -0.15) is 0 Å². The molecule has 0 unspecified atom stereocenters. The third kappa shape index (κ3) is 1.95. The number of alkyl halides is 1. The minimum absolute atomic E-state index is 0.0290. The van der Waals surface area contributed by atoms with Crippen LogP contribution in [-0.2, 0) is 0 Å². The van der Waals surface area contributed by atoms with Crippen molar-refractivity contribution in [2.24, 2.45) is 0 Å². The molecule has 0 saturated carbocycles. The highest BCUT2D eigenvalue weighted by molar-refractivity contribution is 6.33. The lowest BCUT2D eigenvalue weighted by Crippen LogP contribution is -1.97. The molecule has 0 heterocycles. The van der Waals surface area contributed by atoms with Crippen LogP contribution in [0.25, 0.3) is 0 Å². The molecule has 0 aliphatic heterocycles. The molecule has 1 aromatic rings. The smallest absolute Gasteiger partial charge is 0.228 e.